The van der Waals surface area contributed by atoms with Crippen LogP contribution < -0.4 is 10.5 Å². The molecule has 1 aliphatic rings. The van der Waals surface area contributed by atoms with Crippen LogP contribution in [0.25, 0.3) is 11.3 Å². The highest BCUT2D eigenvalue weighted by Crippen LogP contribution is 2.45. The molecule has 3 N–H and O–H groups in total. The van der Waals surface area contributed by atoms with Crippen LogP contribution in [-0.2, 0) is 0 Å². The number of hydrogen-bond donors (Lipinski definition) is 2. The molecule has 27 heavy (non-hydrogen) atoms. The molecule has 0 aliphatic carbocycles. The second kappa shape index (κ2) is 6.31. The van der Waals surface area contributed by atoms with Crippen molar-refractivity contribution < 1.29 is 9.66 Å². The molecular weight excluding hydrogens is 346 g/mol. The molecule has 1 aromatic heterocycles. The van der Waals surface area contributed by atoms with Gasteiger partial charge < -0.3 is 10.5 Å². The summed E-state index contributed by atoms with van der Waals surface area (Å²) in [6.07, 6.45) is 0. The Balaban J connectivity index is 1.96. The van der Waals surface area contributed by atoms with Gasteiger partial charge in [0.2, 0.25) is 11.8 Å². The number of nitrogens with one attached hydrogen (secondary N) is 1. The van der Waals surface area contributed by atoms with Crippen molar-refractivity contribution in [3.8, 4) is 23.2 Å². The smallest absolute Gasteiger partial charge is 0.269 e. The average molecular weight is 359 g/mol. The van der Waals surface area contributed by atoms with Gasteiger partial charge in [-0.05, 0) is 11.1 Å². The van der Waals surface area contributed by atoms with E-state index in [-0.39, 0.29) is 23.0 Å². The summed E-state index contributed by atoms with van der Waals surface area (Å²) in [5.74, 6) is -0.443. The summed E-state index contributed by atoms with van der Waals surface area (Å²) >= 11 is 0. The molecule has 1 unspecified atom stereocenters. The van der Waals surface area contributed by atoms with Gasteiger partial charge in [-0.25, -0.2) is 0 Å². The van der Waals surface area contributed by atoms with Crippen molar-refractivity contribution in [2.45, 2.75) is 5.92 Å². The fourth-order valence-corrected chi connectivity index (χ4v) is 3.22. The number of nitrogens with zero attached hydrogens (tertiary/aromatic N) is 3. The Morgan fingerprint density at radius 2 is 2.00 bits per heavy atom. The van der Waals surface area contributed by atoms with E-state index in [1.165, 1.54) is 12.1 Å². The first kappa shape index (κ1) is 16.4. The molecule has 1 aliphatic heterocycles. The van der Waals surface area contributed by atoms with Gasteiger partial charge >= 0.3 is 0 Å². The largest absolute Gasteiger partial charge is 0.420 e. The molecule has 0 bridgehead atoms. The van der Waals surface area contributed by atoms with E-state index in [4.69, 9.17) is 10.5 Å². The molecule has 132 valence electrons. The molecule has 0 fully saturated rings. The zero-order valence-electron chi connectivity index (χ0n) is 13.9. The maximum atomic E-state index is 11.2. The maximum Gasteiger partial charge on any atom is 0.269 e. The van der Waals surface area contributed by atoms with Crippen molar-refractivity contribution >= 4 is 5.69 Å². The van der Waals surface area contributed by atoms with Crippen molar-refractivity contribution in [3.63, 3.8) is 0 Å². The van der Waals surface area contributed by atoms with Crippen LogP contribution >= 0.6 is 0 Å². The first-order valence-electron chi connectivity index (χ1n) is 8.05. The van der Waals surface area contributed by atoms with Gasteiger partial charge in [0.25, 0.3) is 5.69 Å². The van der Waals surface area contributed by atoms with Crippen LogP contribution in [0.4, 0.5) is 5.69 Å². The molecule has 8 nitrogen and oxygen atoms in total. The van der Waals surface area contributed by atoms with E-state index in [1.807, 2.05) is 30.3 Å². The number of nitro benzene ring substituents is 1. The number of hydrogen-bond acceptors (Lipinski definition) is 6. The van der Waals surface area contributed by atoms with Gasteiger partial charge in [0, 0.05) is 12.1 Å². The van der Waals surface area contributed by atoms with E-state index in [1.54, 1.807) is 12.1 Å². The predicted molar refractivity (Wildman–Crippen MR) is 96.4 cm³/mol. The molecule has 0 radical (unpaired) electrons. The van der Waals surface area contributed by atoms with E-state index < -0.39 is 10.8 Å². The number of fused-ring (bicyclic) bond motifs is 1. The number of allylic oxidation sites excluding steroid dienone is 1. The third kappa shape index (κ3) is 2.67. The van der Waals surface area contributed by atoms with E-state index in [0.717, 1.165) is 5.56 Å². The lowest BCUT2D eigenvalue weighted by Gasteiger charge is -2.24. The summed E-state index contributed by atoms with van der Waals surface area (Å²) < 4.78 is 5.53. The molecule has 4 rings (SSSR count). The number of ether oxygens (including phenoxy) is 1. The number of H-pyrrole nitrogens is 1. The Kier molecular flexibility index (Phi) is 3.82. The summed E-state index contributed by atoms with van der Waals surface area (Å²) in [6, 6.07) is 17.7. The normalized spacial score (nSPS) is 15.6. The van der Waals surface area contributed by atoms with Crippen LogP contribution in [0, 0.1) is 21.4 Å². The van der Waals surface area contributed by atoms with Crippen molar-refractivity contribution in [2.75, 3.05) is 0 Å². The lowest BCUT2D eigenvalue weighted by Crippen LogP contribution is -2.21. The predicted octanol–water partition coefficient (Wildman–Crippen LogP) is 3.20. The van der Waals surface area contributed by atoms with Crippen molar-refractivity contribution in [2.24, 2.45) is 5.73 Å². The van der Waals surface area contributed by atoms with Gasteiger partial charge in [-0.1, -0.05) is 42.5 Å². The van der Waals surface area contributed by atoms with Crippen LogP contribution in [0.15, 0.2) is 66.1 Å². The summed E-state index contributed by atoms with van der Waals surface area (Å²) in [5, 5.41) is 28.0. The molecule has 3 aromatic rings. The monoisotopic (exact) mass is 359 g/mol. The quantitative estimate of drug-likeness (QED) is 0.545. The van der Waals surface area contributed by atoms with Crippen LogP contribution in [0.3, 0.4) is 0 Å². The molecule has 2 aromatic carbocycles. The molecule has 1 atom stereocenters. The zero-order valence-corrected chi connectivity index (χ0v) is 13.9. The van der Waals surface area contributed by atoms with E-state index in [2.05, 4.69) is 16.3 Å². The molecule has 8 heteroatoms. The third-order valence-electron chi connectivity index (χ3n) is 4.42. The van der Waals surface area contributed by atoms with Crippen LogP contribution in [0.2, 0.25) is 0 Å². The Labute approximate surface area is 153 Å². The van der Waals surface area contributed by atoms with Gasteiger partial charge in [0.15, 0.2) is 0 Å². The van der Waals surface area contributed by atoms with Crippen molar-refractivity contribution in [3.05, 3.63) is 87.3 Å². The SMILES string of the molecule is N#CC1=C(N)Oc2n[nH]c(-c3ccccc3)c2C1c1cccc([N+](=O)[O-])c1. The highest BCUT2D eigenvalue weighted by molar-refractivity contribution is 5.71. The topological polar surface area (TPSA) is 131 Å². The highest BCUT2D eigenvalue weighted by Gasteiger charge is 2.36. The number of nitrogens with two attached hydrogens (primary N) is 1. The fourth-order valence-electron chi connectivity index (χ4n) is 3.22. The fraction of sp³-hybridized carbons (Fsp3) is 0.0526. The van der Waals surface area contributed by atoms with E-state index in [0.29, 0.717) is 16.8 Å². The lowest BCUT2D eigenvalue weighted by atomic mass is 9.83. The number of nitriles is 1. The molecular formula is C19H13N5O3. The van der Waals surface area contributed by atoms with Gasteiger partial charge in [0.05, 0.1) is 22.1 Å². The Bertz CT molecular complexity index is 1110. The number of aromatic amines is 1. The molecule has 0 saturated heterocycles. The molecule has 0 amide bonds. The summed E-state index contributed by atoms with van der Waals surface area (Å²) in [5.41, 5.74) is 8.74. The third-order valence-corrected chi connectivity index (χ3v) is 4.42. The summed E-state index contributed by atoms with van der Waals surface area (Å²) in [4.78, 5) is 10.7. The lowest BCUT2D eigenvalue weighted by molar-refractivity contribution is -0.384. The van der Waals surface area contributed by atoms with Crippen molar-refractivity contribution in [1.82, 2.24) is 10.2 Å². The number of benzene rings is 2. The van der Waals surface area contributed by atoms with Gasteiger partial charge in [-0.15, -0.1) is 5.10 Å². The van der Waals surface area contributed by atoms with Crippen LogP contribution in [-0.4, -0.2) is 15.1 Å². The average Bonchev–Trinajstić information content (AvgIpc) is 3.11. The summed E-state index contributed by atoms with van der Waals surface area (Å²) in [6.45, 7) is 0. The van der Waals surface area contributed by atoms with Crippen LogP contribution in [0.1, 0.15) is 17.0 Å². The van der Waals surface area contributed by atoms with Gasteiger partial charge in [0.1, 0.15) is 11.6 Å². The maximum absolute atomic E-state index is 11.2. The number of rotatable bonds is 3. The van der Waals surface area contributed by atoms with E-state index >= 15 is 0 Å². The van der Waals surface area contributed by atoms with Crippen LogP contribution in [0.5, 0.6) is 5.88 Å². The first-order chi connectivity index (χ1) is 13.1. The highest BCUT2D eigenvalue weighted by atomic mass is 16.6. The van der Waals surface area contributed by atoms with E-state index in [9.17, 15) is 15.4 Å². The van der Waals surface area contributed by atoms with Gasteiger partial charge in [-0.3, -0.25) is 15.2 Å². The minimum absolute atomic E-state index is 0.0624. The molecule has 0 spiro atoms. The number of aromatic nitrogens is 2. The minimum atomic E-state index is -0.632. The minimum Gasteiger partial charge on any atom is -0.420 e. The summed E-state index contributed by atoms with van der Waals surface area (Å²) in [7, 11) is 0. The molecule has 0 saturated carbocycles. The van der Waals surface area contributed by atoms with Crippen molar-refractivity contribution in [1.29, 1.82) is 5.26 Å². The second-order valence-corrected chi connectivity index (χ2v) is 5.96. The Hall–Kier alpha value is -4.12. The number of non-ortho nitro benzene ring substituents is 1. The second-order valence-electron chi connectivity index (χ2n) is 5.96. The molecule has 2 heterocycles. The first-order valence-corrected chi connectivity index (χ1v) is 8.05. The standard InChI is InChI=1S/C19H13N5O3/c20-10-14-15(12-7-4-8-13(9-12)24(25)26)16-17(11-5-2-1-3-6-11)22-23-19(16)27-18(14)21/h1-9,15H,21H2,(H,22,23). The zero-order chi connectivity index (χ0) is 19.0. The Morgan fingerprint density at radius 3 is 2.70 bits per heavy atom. The number of nitro groups is 1. The Morgan fingerprint density at radius 1 is 1.22 bits per heavy atom. The van der Waals surface area contributed by atoms with Gasteiger partial charge in [-0.2, -0.15) is 5.26 Å².